The third-order valence-electron chi connectivity index (χ3n) is 2.72. The standard InChI is InChI=1S/C9H13NO3S/c11-8(6-3-7(6)9(12)13)10-5-1-2-14-4-5/h5-7H,1-4H2,(H,10,11)(H,12,13). The van der Waals surface area contributed by atoms with Gasteiger partial charge in [-0.3, -0.25) is 9.59 Å². The van der Waals surface area contributed by atoms with E-state index in [0.29, 0.717) is 6.42 Å². The Kier molecular flexibility index (Phi) is 2.67. The van der Waals surface area contributed by atoms with Crippen LogP contribution in [0.3, 0.4) is 0 Å². The molecule has 1 saturated heterocycles. The van der Waals surface area contributed by atoms with Crippen LogP contribution in [0.25, 0.3) is 0 Å². The molecule has 0 spiro atoms. The maximum Gasteiger partial charge on any atom is 0.307 e. The largest absolute Gasteiger partial charge is 0.481 e. The lowest BCUT2D eigenvalue weighted by Crippen LogP contribution is -2.36. The molecular formula is C9H13NO3S. The summed E-state index contributed by atoms with van der Waals surface area (Å²) in [6.45, 7) is 0. The number of thioether (sulfide) groups is 1. The first kappa shape index (κ1) is 9.83. The zero-order valence-electron chi connectivity index (χ0n) is 7.73. The van der Waals surface area contributed by atoms with Crippen molar-refractivity contribution in [1.29, 1.82) is 0 Å². The fourth-order valence-electron chi connectivity index (χ4n) is 1.71. The predicted octanol–water partition coefficient (Wildman–Crippen LogP) is 0.329. The molecule has 1 heterocycles. The van der Waals surface area contributed by atoms with E-state index in [4.69, 9.17) is 5.11 Å². The first-order valence-electron chi connectivity index (χ1n) is 4.79. The molecule has 2 fully saturated rings. The molecular weight excluding hydrogens is 202 g/mol. The van der Waals surface area contributed by atoms with Gasteiger partial charge in [-0.15, -0.1) is 0 Å². The van der Waals surface area contributed by atoms with Gasteiger partial charge in [0.2, 0.25) is 5.91 Å². The molecule has 1 aliphatic carbocycles. The number of carboxylic acids is 1. The van der Waals surface area contributed by atoms with Crippen molar-refractivity contribution in [2.45, 2.75) is 18.9 Å². The van der Waals surface area contributed by atoms with Gasteiger partial charge in [0.15, 0.2) is 0 Å². The van der Waals surface area contributed by atoms with Crippen molar-refractivity contribution < 1.29 is 14.7 Å². The van der Waals surface area contributed by atoms with Crippen LogP contribution in [0.5, 0.6) is 0 Å². The van der Waals surface area contributed by atoms with E-state index < -0.39 is 11.9 Å². The van der Waals surface area contributed by atoms with Crippen molar-refractivity contribution in [3.05, 3.63) is 0 Å². The summed E-state index contributed by atoms with van der Waals surface area (Å²) in [5.74, 6) is 0.465. The van der Waals surface area contributed by atoms with Crippen LogP contribution in [-0.4, -0.2) is 34.5 Å². The van der Waals surface area contributed by atoms with Crippen LogP contribution in [0.2, 0.25) is 0 Å². The fourth-order valence-corrected chi connectivity index (χ4v) is 2.87. The number of hydrogen-bond donors (Lipinski definition) is 2. The van der Waals surface area contributed by atoms with Gasteiger partial charge in [-0.1, -0.05) is 0 Å². The minimum absolute atomic E-state index is 0.0649. The molecule has 0 aromatic heterocycles. The van der Waals surface area contributed by atoms with Crippen molar-refractivity contribution in [1.82, 2.24) is 5.32 Å². The summed E-state index contributed by atoms with van der Waals surface area (Å²) in [6, 6.07) is 0.266. The highest BCUT2D eigenvalue weighted by Crippen LogP contribution is 2.39. The Bertz CT molecular complexity index is 263. The third kappa shape index (κ3) is 2.03. The highest BCUT2D eigenvalue weighted by molar-refractivity contribution is 7.99. The van der Waals surface area contributed by atoms with E-state index in [1.165, 1.54) is 0 Å². The van der Waals surface area contributed by atoms with Crippen LogP contribution < -0.4 is 5.32 Å². The molecule has 2 aliphatic rings. The summed E-state index contributed by atoms with van der Waals surface area (Å²) in [5, 5.41) is 11.6. The van der Waals surface area contributed by atoms with Crippen LogP contribution in [0.1, 0.15) is 12.8 Å². The topological polar surface area (TPSA) is 66.4 Å². The van der Waals surface area contributed by atoms with Crippen LogP contribution in [0, 0.1) is 11.8 Å². The number of nitrogens with one attached hydrogen (secondary N) is 1. The number of carbonyl (C=O) groups excluding carboxylic acids is 1. The predicted molar refractivity (Wildman–Crippen MR) is 53.1 cm³/mol. The summed E-state index contributed by atoms with van der Waals surface area (Å²) in [4.78, 5) is 22.0. The molecule has 78 valence electrons. The second kappa shape index (κ2) is 3.81. The molecule has 0 radical (unpaired) electrons. The van der Waals surface area contributed by atoms with Gasteiger partial charge in [-0.25, -0.2) is 0 Å². The molecule has 0 aromatic carbocycles. The molecule has 4 nitrogen and oxygen atoms in total. The van der Waals surface area contributed by atoms with Crippen molar-refractivity contribution in [2.75, 3.05) is 11.5 Å². The first-order chi connectivity index (χ1) is 6.68. The molecule has 1 amide bonds. The Balaban J connectivity index is 1.77. The molecule has 1 saturated carbocycles. The Morgan fingerprint density at radius 2 is 2.14 bits per heavy atom. The van der Waals surface area contributed by atoms with Crippen LogP contribution in [0.4, 0.5) is 0 Å². The normalized spacial score (nSPS) is 35.3. The maximum atomic E-state index is 11.5. The highest BCUT2D eigenvalue weighted by atomic mass is 32.2. The van der Waals surface area contributed by atoms with Gasteiger partial charge in [-0.05, 0) is 18.6 Å². The molecule has 3 unspecified atom stereocenters. The van der Waals surface area contributed by atoms with E-state index in [9.17, 15) is 9.59 Å². The van der Waals surface area contributed by atoms with Gasteiger partial charge in [0, 0.05) is 11.8 Å². The number of rotatable bonds is 3. The average molecular weight is 215 g/mol. The van der Waals surface area contributed by atoms with E-state index in [2.05, 4.69) is 5.32 Å². The zero-order chi connectivity index (χ0) is 10.1. The lowest BCUT2D eigenvalue weighted by atomic mass is 10.2. The zero-order valence-corrected chi connectivity index (χ0v) is 8.55. The van der Waals surface area contributed by atoms with Gasteiger partial charge in [0.05, 0.1) is 11.8 Å². The summed E-state index contributed by atoms with van der Waals surface area (Å²) < 4.78 is 0. The lowest BCUT2D eigenvalue weighted by molar-refractivity contribution is -0.140. The summed E-state index contributed by atoms with van der Waals surface area (Å²) in [6.07, 6.45) is 1.53. The Hall–Kier alpha value is -0.710. The molecule has 0 aromatic rings. The second-order valence-corrected chi connectivity index (χ2v) is 5.01. The Labute approximate surface area is 86.4 Å². The van der Waals surface area contributed by atoms with E-state index in [-0.39, 0.29) is 17.9 Å². The van der Waals surface area contributed by atoms with Crippen molar-refractivity contribution >= 4 is 23.6 Å². The lowest BCUT2D eigenvalue weighted by Gasteiger charge is -2.10. The van der Waals surface area contributed by atoms with Gasteiger partial charge < -0.3 is 10.4 Å². The highest BCUT2D eigenvalue weighted by Gasteiger charge is 2.48. The molecule has 3 atom stereocenters. The smallest absolute Gasteiger partial charge is 0.307 e. The SMILES string of the molecule is O=C(O)C1CC1C(=O)NC1CCSC1. The molecule has 2 N–H and O–H groups in total. The molecule has 14 heavy (non-hydrogen) atoms. The summed E-state index contributed by atoms with van der Waals surface area (Å²) >= 11 is 1.83. The first-order valence-corrected chi connectivity index (χ1v) is 5.95. The number of carbonyl (C=O) groups is 2. The van der Waals surface area contributed by atoms with Crippen molar-refractivity contribution in [3.63, 3.8) is 0 Å². The number of amides is 1. The van der Waals surface area contributed by atoms with Gasteiger partial charge in [-0.2, -0.15) is 11.8 Å². The van der Waals surface area contributed by atoms with Crippen LogP contribution in [0.15, 0.2) is 0 Å². The van der Waals surface area contributed by atoms with Crippen LogP contribution >= 0.6 is 11.8 Å². The molecule has 1 aliphatic heterocycles. The molecule has 5 heteroatoms. The van der Waals surface area contributed by atoms with E-state index in [0.717, 1.165) is 17.9 Å². The Morgan fingerprint density at radius 1 is 1.36 bits per heavy atom. The van der Waals surface area contributed by atoms with Gasteiger partial charge in [0.1, 0.15) is 0 Å². The summed E-state index contributed by atoms with van der Waals surface area (Å²) in [5.41, 5.74) is 0. The minimum Gasteiger partial charge on any atom is -0.481 e. The quantitative estimate of drug-likeness (QED) is 0.712. The minimum atomic E-state index is -0.842. The fraction of sp³-hybridized carbons (Fsp3) is 0.778. The average Bonchev–Trinajstić information content (AvgIpc) is 2.80. The summed E-state index contributed by atoms with van der Waals surface area (Å²) in [7, 11) is 0. The van der Waals surface area contributed by atoms with Crippen LogP contribution in [-0.2, 0) is 9.59 Å². The van der Waals surface area contributed by atoms with E-state index in [1.54, 1.807) is 0 Å². The van der Waals surface area contributed by atoms with E-state index >= 15 is 0 Å². The second-order valence-electron chi connectivity index (χ2n) is 3.86. The maximum absolute atomic E-state index is 11.5. The van der Waals surface area contributed by atoms with E-state index in [1.807, 2.05) is 11.8 Å². The Morgan fingerprint density at radius 3 is 2.64 bits per heavy atom. The van der Waals surface area contributed by atoms with Crippen molar-refractivity contribution in [3.8, 4) is 0 Å². The number of hydrogen-bond acceptors (Lipinski definition) is 3. The number of carboxylic acid groups (broad SMARTS) is 1. The third-order valence-corrected chi connectivity index (χ3v) is 3.88. The number of aliphatic carboxylic acids is 1. The van der Waals surface area contributed by atoms with Crippen molar-refractivity contribution in [2.24, 2.45) is 11.8 Å². The molecule has 0 bridgehead atoms. The van der Waals surface area contributed by atoms with Gasteiger partial charge >= 0.3 is 5.97 Å². The monoisotopic (exact) mass is 215 g/mol. The molecule has 2 rings (SSSR count). The van der Waals surface area contributed by atoms with Gasteiger partial charge in [0.25, 0.3) is 0 Å².